The van der Waals surface area contributed by atoms with Gasteiger partial charge >= 0.3 is 8.22 Å². The van der Waals surface area contributed by atoms with Crippen molar-refractivity contribution in [2.75, 3.05) is 26.7 Å². The molecule has 0 radical (unpaired) electrons. The molecule has 0 N–H and O–H groups in total. The molecule has 0 atom stereocenters. The van der Waals surface area contributed by atoms with E-state index in [1.54, 1.807) is 0 Å². The molecule has 2 rings (SSSR count). The van der Waals surface area contributed by atoms with Crippen LogP contribution in [0, 0.1) is 0 Å². The molecule has 10 heteroatoms. The number of rotatable bonds is 0. The fourth-order valence-corrected chi connectivity index (χ4v) is 14.8. The number of fused-ring (bicyclic) bond motifs is 1. The number of halogens is 6. The van der Waals surface area contributed by atoms with E-state index in [1.807, 2.05) is 0 Å². The minimum Gasteiger partial charge on any atom is -0.332 e. The van der Waals surface area contributed by atoms with Crippen molar-refractivity contribution in [2.45, 2.75) is 0 Å². The minimum atomic E-state index is -2.11. The molecule has 1 aromatic carbocycles. The fourth-order valence-electron chi connectivity index (χ4n) is 2.50. The van der Waals surface area contributed by atoms with Crippen LogP contribution in [0.25, 0.3) is 0 Å². The first-order valence-electron chi connectivity index (χ1n) is 5.89. The summed E-state index contributed by atoms with van der Waals surface area (Å²) in [5.41, 5.74) is 0. The largest absolute Gasteiger partial charge is 0.484 e. The molecule has 0 bridgehead atoms. The maximum atomic E-state index is 6.74. The van der Waals surface area contributed by atoms with E-state index in [2.05, 4.69) is 50.9 Å². The van der Waals surface area contributed by atoms with Gasteiger partial charge in [-0.05, 0) is 26.4 Å². The highest BCUT2D eigenvalue weighted by Crippen LogP contribution is 2.84. The summed E-state index contributed by atoms with van der Waals surface area (Å²) in [5.74, 6) is 0. The van der Waals surface area contributed by atoms with Crippen molar-refractivity contribution < 1.29 is 0 Å². The second-order valence-corrected chi connectivity index (χ2v) is 21.4. The Morgan fingerprint density at radius 3 is 1.30 bits per heavy atom. The first-order chi connectivity index (χ1) is 8.73. The summed E-state index contributed by atoms with van der Waals surface area (Å²) in [6, 6.07) is 8.65. The number of hydrogen-bond acceptors (Lipinski definition) is 0. The van der Waals surface area contributed by atoms with Gasteiger partial charge in [0.2, 0.25) is 0 Å². The maximum absolute atomic E-state index is 6.74. The molecule has 0 amide bonds. The van der Waals surface area contributed by atoms with Gasteiger partial charge < -0.3 is 45.8 Å². The van der Waals surface area contributed by atoms with Crippen LogP contribution in [0.4, 0.5) is 0 Å². The van der Waals surface area contributed by atoms with Gasteiger partial charge in [0.15, 0.2) is 0 Å². The van der Waals surface area contributed by atoms with E-state index in [0.29, 0.717) is 0 Å². The van der Waals surface area contributed by atoms with Gasteiger partial charge in [-0.15, -0.1) is 0 Å². The maximum Gasteiger partial charge on any atom is 0.484 e. The van der Waals surface area contributed by atoms with Crippen LogP contribution in [-0.4, -0.2) is 34.9 Å². The molecule has 0 nitrogen and oxygen atoms in total. The lowest BCUT2D eigenvalue weighted by molar-refractivity contribution is 1.81. The Labute approximate surface area is 152 Å². The van der Waals surface area contributed by atoms with Crippen molar-refractivity contribution >= 4 is 102 Å². The SMILES string of the molecule is C[P+]1(C)c2ccccc2[P+](C)(C)[B-]1(Cl)Cl.Cl[B-](Cl)(Cl)Cl. The highest BCUT2D eigenvalue weighted by atomic mass is 35.6. The predicted molar refractivity (Wildman–Crippen MR) is 110 cm³/mol. The zero-order valence-corrected chi connectivity index (χ0v) is 18.0. The minimum absolute atomic E-state index is 1.26. The second kappa shape index (κ2) is 6.45. The monoisotopic (exact) mass is 430 g/mol. The zero-order valence-electron chi connectivity index (χ0n) is 11.6. The van der Waals surface area contributed by atoms with Gasteiger partial charge in [-0.3, -0.25) is 22.9 Å². The van der Waals surface area contributed by atoms with E-state index in [-0.39, 0.29) is 0 Å². The molecule has 0 fully saturated rings. The van der Waals surface area contributed by atoms with Crippen LogP contribution in [0.2, 0.25) is 0 Å². The number of hydrogen-bond donors (Lipinski definition) is 0. The van der Waals surface area contributed by atoms with Gasteiger partial charge in [0.1, 0.15) is 0 Å². The van der Waals surface area contributed by atoms with Crippen molar-refractivity contribution in [2.24, 2.45) is 0 Å². The highest BCUT2D eigenvalue weighted by molar-refractivity contribution is 8.54. The first-order valence-corrected chi connectivity index (χ1v) is 14.0. The third-order valence-electron chi connectivity index (χ3n) is 3.68. The lowest BCUT2D eigenvalue weighted by Gasteiger charge is -2.32. The van der Waals surface area contributed by atoms with Crippen molar-refractivity contribution in [3.8, 4) is 0 Å². The molecule has 0 aliphatic carbocycles. The van der Waals surface area contributed by atoms with E-state index in [0.717, 1.165) is 0 Å². The molecule has 114 valence electrons. The average molecular weight is 433 g/mol. The Balaban J connectivity index is 0.000000347. The van der Waals surface area contributed by atoms with Gasteiger partial charge in [-0.25, -0.2) is 0 Å². The number of benzene rings is 1. The topological polar surface area (TPSA) is 0 Å². The van der Waals surface area contributed by atoms with Gasteiger partial charge in [0, 0.05) is 26.7 Å². The molecule has 1 aromatic rings. The summed E-state index contributed by atoms with van der Waals surface area (Å²) in [6.07, 6.45) is 0. The summed E-state index contributed by atoms with van der Waals surface area (Å²) in [4.78, 5) is 0. The van der Waals surface area contributed by atoms with Gasteiger partial charge in [-0.1, -0.05) is 12.1 Å². The molecule has 0 spiro atoms. The van der Waals surface area contributed by atoms with Crippen LogP contribution in [0.5, 0.6) is 0 Å². The Hall–Kier alpha value is 1.95. The summed E-state index contributed by atoms with van der Waals surface area (Å²) < 4.78 is -3.37. The summed E-state index contributed by atoms with van der Waals surface area (Å²) in [5, 5.41) is 2.90. The molecule has 1 heterocycles. The van der Waals surface area contributed by atoms with E-state index < -0.39 is 22.5 Å². The van der Waals surface area contributed by atoms with E-state index in [1.165, 1.54) is 10.6 Å². The molecule has 1 aliphatic heterocycles. The van der Waals surface area contributed by atoms with E-state index in [4.69, 9.17) is 68.8 Å². The summed E-state index contributed by atoms with van der Waals surface area (Å²) in [6.45, 7) is 9.11. The first kappa shape index (κ1) is 20.0. The smallest absolute Gasteiger partial charge is 0.332 e. The normalized spacial score (nSPS) is 21.7. The van der Waals surface area contributed by atoms with Crippen molar-refractivity contribution in [3.63, 3.8) is 0 Å². The van der Waals surface area contributed by atoms with E-state index in [9.17, 15) is 0 Å². The molecule has 0 aromatic heterocycles. The van der Waals surface area contributed by atoms with Crippen LogP contribution in [-0.2, 0) is 0 Å². The molecule has 0 saturated carbocycles. The van der Waals surface area contributed by atoms with Crippen molar-refractivity contribution in [1.82, 2.24) is 0 Å². The van der Waals surface area contributed by atoms with Crippen LogP contribution in [0.1, 0.15) is 0 Å². The standard InChI is InChI=1S/C10H16BCl2P2.BCl4/c1-14(2)9-7-5-6-8-10(9)15(3,4)11(14,12)13;2-1(3,4)5/h5-8H,1-4H3;/q+1;-1. The van der Waals surface area contributed by atoms with Crippen LogP contribution < -0.4 is 10.6 Å². The fraction of sp³-hybridized carbons (Fsp3) is 0.400. The van der Waals surface area contributed by atoms with E-state index >= 15 is 0 Å². The lowest BCUT2D eigenvalue weighted by Crippen LogP contribution is -2.25. The van der Waals surface area contributed by atoms with Gasteiger partial charge in [-0.2, -0.15) is 0 Å². The quantitative estimate of drug-likeness (QED) is 0.359. The summed E-state index contributed by atoms with van der Waals surface area (Å²) >= 11 is 33.0. The Bertz CT molecular complexity index is 458. The molecule has 0 saturated heterocycles. The third kappa shape index (κ3) is 3.88. The Morgan fingerprint density at radius 2 is 1.05 bits per heavy atom. The van der Waals surface area contributed by atoms with Crippen molar-refractivity contribution in [1.29, 1.82) is 0 Å². The summed E-state index contributed by atoms with van der Waals surface area (Å²) in [7, 11) is -2.73. The third-order valence-corrected chi connectivity index (χ3v) is 19.5. The Kier molecular flexibility index (Phi) is 6.45. The Morgan fingerprint density at radius 1 is 0.800 bits per heavy atom. The van der Waals surface area contributed by atoms with Crippen molar-refractivity contribution in [3.05, 3.63) is 24.3 Å². The molecular formula is C10H16B2Cl6P2. The molecule has 0 unspecified atom stereocenters. The molecule has 20 heavy (non-hydrogen) atoms. The molecular weight excluding hydrogens is 416 g/mol. The van der Waals surface area contributed by atoms with Gasteiger partial charge in [0.05, 0.1) is 10.6 Å². The average Bonchev–Trinajstić information content (AvgIpc) is 2.35. The predicted octanol–water partition coefficient (Wildman–Crippen LogP) is 5.80. The lowest BCUT2D eigenvalue weighted by atomic mass is 10.4. The highest BCUT2D eigenvalue weighted by Gasteiger charge is 2.69. The van der Waals surface area contributed by atoms with Crippen LogP contribution >= 0.6 is 83.0 Å². The van der Waals surface area contributed by atoms with Gasteiger partial charge in [0.25, 0.3) is 0 Å². The van der Waals surface area contributed by atoms with Crippen LogP contribution in [0.15, 0.2) is 24.3 Å². The zero-order chi connectivity index (χ0) is 16.0. The van der Waals surface area contributed by atoms with Crippen LogP contribution in [0.3, 0.4) is 0 Å². The molecule has 1 aliphatic rings. The second-order valence-electron chi connectivity index (χ2n) is 5.65.